The highest BCUT2D eigenvalue weighted by Gasteiger charge is 2.48. The molecule has 0 saturated carbocycles. The minimum absolute atomic E-state index is 0.147. The fourth-order valence-electron chi connectivity index (χ4n) is 1.63. The second-order valence-corrected chi connectivity index (χ2v) is 4.17. The summed E-state index contributed by atoms with van der Waals surface area (Å²) in [6, 6.07) is 1.63. The molecule has 0 aromatic heterocycles. The van der Waals surface area contributed by atoms with E-state index in [1.807, 2.05) is 0 Å². The van der Waals surface area contributed by atoms with Crippen LogP contribution in [0.2, 0.25) is 5.02 Å². The molecule has 4 nitrogen and oxygen atoms in total. The number of alkyl halides is 3. The topological polar surface area (TPSA) is 55.8 Å². The van der Waals surface area contributed by atoms with Crippen molar-refractivity contribution in [3.8, 4) is 5.75 Å². The molecule has 1 N–H and O–H groups in total. The Hall–Kier alpha value is -1.96. The highest BCUT2D eigenvalue weighted by Crippen LogP contribution is 2.41. The van der Waals surface area contributed by atoms with Gasteiger partial charge in [-0.3, -0.25) is 0 Å². The van der Waals surface area contributed by atoms with Gasteiger partial charge in [0.2, 0.25) is 0 Å². The summed E-state index contributed by atoms with van der Waals surface area (Å²) in [5, 5.41) is 8.06. The minimum Gasteiger partial charge on any atom is -0.471 e. The van der Waals surface area contributed by atoms with Crippen molar-refractivity contribution in [2.75, 3.05) is 0 Å². The zero-order valence-electron chi connectivity index (χ0n) is 9.37. The molecule has 1 heterocycles. The Morgan fingerprint density at radius 1 is 1.40 bits per heavy atom. The highest BCUT2D eigenvalue weighted by molar-refractivity contribution is 6.32. The molecule has 0 aliphatic carbocycles. The molecule has 1 aromatic carbocycles. The standard InChI is InChI=1S/C11H5ClF4O4/c12-6-3-5(13)1-4-2-7(19-10(17)18)9(11(14,15)16)20-8(4)6/h1-3,9H,(H,17,18). The summed E-state index contributed by atoms with van der Waals surface area (Å²) in [6.07, 6.45) is -8.77. The third-order valence-corrected chi connectivity index (χ3v) is 2.61. The first-order valence-electron chi connectivity index (χ1n) is 5.03. The van der Waals surface area contributed by atoms with Crippen LogP contribution >= 0.6 is 11.6 Å². The second kappa shape index (κ2) is 4.86. The van der Waals surface area contributed by atoms with Crippen LogP contribution in [0.15, 0.2) is 17.9 Å². The lowest BCUT2D eigenvalue weighted by molar-refractivity contribution is -0.191. The summed E-state index contributed by atoms with van der Waals surface area (Å²) in [7, 11) is 0. The third kappa shape index (κ3) is 2.79. The smallest absolute Gasteiger partial charge is 0.471 e. The number of halogens is 5. The lowest BCUT2D eigenvalue weighted by atomic mass is 10.1. The van der Waals surface area contributed by atoms with E-state index in [9.17, 15) is 22.4 Å². The van der Waals surface area contributed by atoms with E-state index in [1.54, 1.807) is 0 Å². The Kier molecular flexibility index (Phi) is 3.51. The Morgan fingerprint density at radius 3 is 2.60 bits per heavy atom. The van der Waals surface area contributed by atoms with Crippen LogP contribution in [-0.2, 0) is 4.74 Å². The lowest BCUT2D eigenvalue weighted by Gasteiger charge is -2.27. The Morgan fingerprint density at radius 2 is 2.05 bits per heavy atom. The first-order chi connectivity index (χ1) is 9.18. The van der Waals surface area contributed by atoms with Gasteiger partial charge in [-0.05, 0) is 18.2 Å². The average molecular weight is 313 g/mol. The molecule has 0 amide bonds. The van der Waals surface area contributed by atoms with Gasteiger partial charge in [0.15, 0.2) is 5.76 Å². The fraction of sp³-hybridized carbons (Fsp3) is 0.182. The molecule has 1 aliphatic heterocycles. The molecule has 1 aromatic rings. The van der Waals surface area contributed by atoms with E-state index in [4.69, 9.17) is 16.7 Å². The largest absolute Gasteiger partial charge is 0.511 e. The van der Waals surface area contributed by atoms with E-state index >= 15 is 0 Å². The van der Waals surface area contributed by atoms with Crippen molar-refractivity contribution < 1.29 is 36.9 Å². The van der Waals surface area contributed by atoms with Crippen molar-refractivity contribution in [3.63, 3.8) is 0 Å². The van der Waals surface area contributed by atoms with Gasteiger partial charge < -0.3 is 14.6 Å². The molecule has 0 spiro atoms. The van der Waals surface area contributed by atoms with Crippen LogP contribution in [0.5, 0.6) is 5.75 Å². The molecule has 9 heteroatoms. The van der Waals surface area contributed by atoms with Crippen LogP contribution in [0, 0.1) is 5.82 Å². The van der Waals surface area contributed by atoms with Gasteiger partial charge in [-0.1, -0.05) is 11.6 Å². The lowest BCUT2D eigenvalue weighted by Crippen LogP contribution is -2.39. The van der Waals surface area contributed by atoms with Gasteiger partial charge in [0.05, 0.1) is 5.02 Å². The van der Waals surface area contributed by atoms with Crippen LogP contribution < -0.4 is 4.74 Å². The molecule has 1 unspecified atom stereocenters. The molecule has 0 saturated heterocycles. The molecular weight excluding hydrogens is 308 g/mol. The Bertz CT molecular complexity index is 597. The van der Waals surface area contributed by atoms with Gasteiger partial charge >= 0.3 is 12.3 Å². The summed E-state index contributed by atoms with van der Waals surface area (Å²) in [5.74, 6) is -2.22. The summed E-state index contributed by atoms with van der Waals surface area (Å²) in [5.41, 5.74) is -0.147. The zero-order valence-corrected chi connectivity index (χ0v) is 10.1. The van der Waals surface area contributed by atoms with Crippen LogP contribution in [0.3, 0.4) is 0 Å². The molecule has 108 valence electrons. The fourth-order valence-corrected chi connectivity index (χ4v) is 1.89. The van der Waals surface area contributed by atoms with Crippen LogP contribution in [0.25, 0.3) is 6.08 Å². The first kappa shape index (κ1) is 14.4. The quantitative estimate of drug-likeness (QED) is 0.632. The van der Waals surface area contributed by atoms with Gasteiger partial charge in [0.1, 0.15) is 11.6 Å². The van der Waals surface area contributed by atoms with Gasteiger partial charge in [0.25, 0.3) is 6.10 Å². The molecule has 0 fully saturated rings. The summed E-state index contributed by atoms with van der Waals surface area (Å²) in [4.78, 5) is 10.4. The van der Waals surface area contributed by atoms with Crippen molar-refractivity contribution in [1.82, 2.24) is 0 Å². The Labute approximate surface area is 114 Å². The van der Waals surface area contributed by atoms with Crippen molar-refractivity contribution in [2.24, 2.45) is 0 Å². The van der Waals surface area contributed by atoms with E-state index in [0.29, 0.717) is 0 Å². The number of ether oxygens (including phenoxy) is 2. The number of rotatable bonds is 1. The van der Waals surface area contributed by atoms with Crippen molar-refractivity contribution in [3.05, 3.63) is 34.3 Å². The normalized spacial score (nSPS) is 17.9. The number of benzene rings is 1. The van der Waals surface area contributed by atoms with E-state index in [0.717, 1.165) is 18.2 Å². The predicted octanol–water partition coefficient (Wildman–Crippen LogP) is 3.84. The second-order valence-electron chi connectivity index (χ2n) is 3.76. The van der Waals surface area contributed by atoms with Gasteiger partial charge in [0, 0.05) is 5.56 Å². The van der Waals surface area contributed by atoms with Crippen LogP contribution in [0.4, 0.5) is 22.4 Å². The van der Waals surface area contributed by atoms with Crippen LogP contribution in [-0.4, -0.2) is 23.5 Å². The maximum absolute atomic E-state index is 13.1. The maximum atomic E-state index is 13.1. The summed E-state index contributed by atoms with van der Waals surface area (Å²) < 4.78 is 60.1. The predicted molar refractivity (Wildman–Crippen MR) is 59.0 cm³/mol. The SMILES string of the molecule is O=C(O)OC1=Cc2cc(F)cc(Cl)c2OC1C(F)(F)F. The van der Waals surface area contributed by atoms with Crippen LogP contribution in [0.1, 0.15) is 5.56 Å². The molecule has 0 bridgehead atoms. The molecular formula is C11H5ClF4O4. The molecule has 1 atom stereocenters. The van der Waals surface area contributed by atoms with Gasteiger partial charge in [-0.25, -0.2) is 9.18 Å². The van der Waals surface area contributed by atoms with Gasteiger partial charge in [-0.15, -0.1) is 0 Å². The van der Waals surface area contributed by atoms with E-state index < -0.39 is 35.8 Å². The molecule has 2 rings (SSSR count). The average Bonchev–Trinajstić information content (AvgIpc) is 2.25. The number of carboxylic acid groups (broad SMARTS) is 1. The zero-order chi connectivity index (χ0) is 15.1. The summed E-state index contributed by atoms with van der Waals surface area (Å²) in [6.45, 7) is 0. The monoisotopic (exact) mass is 312 g/mol. The highest BCUT2D eigenvalue weighted by atomic mass is 35.5. The first-order valence-corrected chi connectivity index (χ1v) is 5.41. The summed E-state index contributed by atoms with van der Waals surface area (Å²) >= 11 is 5.60. The number of carbonyl (C=O) groups is 1. The number of hydrogen-bond donors (Lipinski definition) is 1. The van der Waals surface area contributed by atoms with E-state index in [2.05, 4.69) is 9.47 Å². The van der Waals surface area contributed by atoms with Crippen molar-refractivity contribution in [2.45, 2.75) is 12.3 Å². The minimum atomic E-state index is -4.92. The maximum Gasteiger partial charge on any atom is 0.511 e. The number of fused-ring (bicyclic) bond motifs is 1. The van der Waals surface area contributed by atoms with E-state index in [1.165, 1.54) is 0 Å². The molecule has 0 radical (unpaired) electrons. The van der Waals surface area contributed by atoms with Gasteiger partial charge in [-0.2, -0.15) is 13.2 Å². The third-order valence-electron chi connectivity index (χ3n) is 2.33. The Balaban J connectivity index is 2.53. The van der Waals surface area contributed by atoms with E-state index in [-0.39, 0.29) is 10.6 Å². The van der Waals surface area contributed by atoms with Crippen molar-refractivity contribution in [1.29, 1.82) is 0 Å². The number of hydrogen-bond acceptors (Lipinski definition) is 3. The molecule has 1 aliphatic rings. The molecule has 20 heavy (non-hydrogen) atoms. The van der Waals surface area contributed by atoms with Crippen molar-refractivity contribution >= 4 is 23.8 Å².